The van der Waals surface area contributed by atoms with Gasteiger partial charge in [0, 0.05) is 32.4 Å². The van der Waals surface area contributed by atoms with Crippen LogP contribution in [0.1, 0.15) is 45.2 Å². The minimum Gasteiger partial charge on any atom is -0.359 e. The molecule has 19 heavy (non-hydrogen) atoms. The number of nitrogens with zero attached hydrogens (tertiary/aromatic N) is 2. The van der Waals surface area contributed by atoms with E-state index in [9.17, 15) is 0 Å². The van der Waals surface area contributed by atoms with Crippen LogP contribution >= 0.6 is 0 Å². The number of hydrogen-bond acceptors (Lipinski definition) is 3. The molecule has 3 nitrogen and oxygen atoms in total. The Morgan fingerprint density at radius 3 is 2.47 bits per heavy atom. The van der Waals surface area contributed by atoms with Crippen LogP contribution < -0.4 is 10.2 Å². The minimum atomic E-state index is 0.508. The van der Waals surface area contributed by atoms with Gasteiger partial charge in [0.2, 0.25) is 0 Å². The lowest BCUT2D eigenvalue weighted by molar-refractivity contribution is 0.581. The van der Waals surface area contributed by atoms with E-state index in [0.29, 0.717) is 6.04 Å². The van der Waals surface area contributed by atoms with Crippen LogP contribution in [0.2, 0.25) is 0 Å². The third-order valence-corrected chi connectivity index (χ3v) is 3.23. The fraction of sp³-hybridized carbons (Fsp3) is 0.688. The standard InChI is InChI=1S/C16H29N3/c1-12(2)7-8-19(6)16-14(5)9-15(11-18-16)10-17-13(3)4/h9,11-13,17H,7-8,10H2,1-6H3. The fourth-order valence-electron chi connectivity index (χ4n) is 2.00. The highest BCUT2D eigenvalue weighted by Gasteiger charge is 2.08. The van der Waals surface area contributed by atoms with Crippen LogP contribution in [0.4, 0.5) is 5.82 Å². The summed E-state index contributed by atoms with van der Waals surface area (Å²) in [5.74, 6) is 1.84. The predicted octanol–water partition coefficient (Wildman–Crippen LogP) is 3.37. The summed E-state index contributed by atoms with van der Waals surface area (Å²) in [6, 6.07) is 2.75. The quantitative estimate of drug-likeness (QED) is 0.817. The van der Waals surface area contributed by atoms with E-state index in [1.807, 2.05) is 6.20 Å². The molecule has 0 saturated carbocycles. The first-order chi connectivity index (χ1) is 8.90. The Labute approximate surface area is 118 Å². The molecular formula is C16H29N3. The van der Waals surface area contributed by atoms with E-state index in [-0.39, 0.29) is 0 Å². The molecule has 3 heteroatoms. The highest BCUT2D eigenvalue weighted by molar-refractivity contribution is 5.46. The summed E-state index contributed by atoms with van der Waals surface area (Å²) in [4.78, 5) is 6.88. The van der Waals surface area contributed by atoms with E-state index < -0.39 is 0 Å². The normalized spacial score (nSPS) is 11.4. The van der Waals surface area contributed by atoms with Gasteiger partial charge in [0.05, 0.1) is 0 Å². The Morgan fingerprint density at radius 1 is 1.26 bits per heavy atom. The van der Waals surface area contributed by atoms with Crippen molar-refractivity contribution in [3.8, 4) is 0 Å². The van der Waals surface area contributed by atoms with Crippen molar-refractivity contribution in [1.29, 1.82) is 0 Å². The van der Waals surface area contributed by atoms with Crippen molar-refractivity contribution < 1.29 is 0 Å². The smallest absolute Gasteiger partial charge is 0.131 e. The van der Waals surface area contributed by atoms with Gasteiger partial charge in [-0.05, 0) is 36.5 Å². The molecule has 1 heterocycles. The molecule has 1 aromatic heterocycles. The van der Waals surface area contributed by atoms with E-state index >= 15 is 0 Å². The van der Waals surface area contributed by atoms with Crippen molar-refractivity contribution in [3.63, 3.8) is 0 Å². The predicted molar refractivity (Wildman–Crippen MR) is 83.7 cm³/mol. The van der Waals surface area contributed by atoms with Crippen LogP contribution in [-0.4, -0.2) is 24.6 Å². The number of aromatic nitrogens is 1. The summed E-state index contributed by atoms with van der Waals surface area (Å²) < 4.78 is 0. The van der Waals surface area contributed by atoms with E-state index in [2.05, 4.69) is 62.9 Å². The van der Waals surface area contributed by atoms with Crippen LogP contribution in [-0.2, 0) is 6.54 Å². The average Bonchev–Trinajstić information content (AvgIpc) is 2.33. The van der Waals surface area contributed by atoms with E-state index in [1.54, 1.807) is 0 Å². The molecule has 1 N–H and O–H groups in total. The summed E-state index contributed by atoms with van der Waals surface area (Å²) in [5.41, 5.74) is 2.52. The molecule has 0 saturated heterocycles. The van der Waals surface area contributed by atoms with E-state index in [4.69, 9.17) is 0 Å². The first-order valence-electron chi connectivity index (χ1n) is 7.30. The van der Waals surface area contributed by atoms with E-state index in [0.717, 1.165) is 24.8 Å². The summed E-state index contributed by atoms with van der Waals surface area (Å²) in [6.45, 7) is 12.9. The van der Waals surface area contributed by atoms with Crippen LogP contribution in [0.5, 0.6) is 0 Å². The van der Waals surface area contributed by atoms with Crippen molar-refractivity contribution in [2.45, 2.75) is 53.6 Å². The minimum absolute atomic E-state index is 0.508. The van der Waals surface area contributed by atoms with Gasteiger partial charge in [-0.3, -0.25) is 0 Å². The van der Waals surface area contributed by atoms with Gasteiger partial charge < -0.3 is 10.2 Å². The molecule has 0 aliphatic carbocycles. The Balaban J connectivity index is 2.65. The molecule has 0 unspecified atom stereocenters. The van der Waals surface area contributed by atoms with Gasteiger partial charge in [0.1, 0.15) is 5.82 Å². The first kappa shape index (κ1) is 16.0. The molecule has 0 aliphatic rings. The number of aryl methyl sites for hydroxylation is 1. The van der Waals surface area contributed by atoms with Gasteiger partial charge in [0.15, 0.2) is 0 Å². The highest BCUT2D eigenvalue weighted by Crippen LogP contribution is 2.17. The largest absolute Gasteiger partial charge is 0.359 e. The number of hydrogen-bond donors (Lipinski definition) is 1. The number of nitrogens with one attached hydrogen (secondary N) is 1. The fourth-order valence-corrected chi connectivity index (χ4v) is 2.00. The van der Waals surface area contributed by atoms with Crippen LogP contribution in [0.3, 0.4) is 0 Å². The molecule has 0 atom stereocenters. The second kappa shape index (κ2) is 7.49. The van der Waals surface area contributed by atoms with Crippen molar-refractivity contribution in [2.75, 3.05) is 18.5 Å². The molecule has 0 fully saturated rings. The maximum Gasteiger partial charge on any atom is 0.131 e. The van der Waals surface area contributed by atoms with Crippen LogP contribution in [0.25, 0.3) is 0 Å². The molecule has 1 rings (SSSR count). The maximum absolute atomic E-state index is 4.62. The molecule has 0 bridgehead atoms. The SMILES string of the molecule is Cc1cc(CNC(C)C)cnc1N(C)CCC(C)C. The topological polar surface area (TPSA) is 28.2 Å². The Bertz CT molecular complexity index is 386. The van der Waals surface area contributed by atoms with Gasteiger partial charge in [-0.1, -0.05) is 27.7 Å². The second-order valence-corrected chi connectivity index (χ2v) is 6.12. The number of pyridine rings is 1. The number of rotatable bonds is 7. The van der Waals surface area contributed by atoms with Gasteiger partial charge in [0.25, 0.3) is 0 Å². The molecule has 0 spiro atoms. The zero-order valence-electron chi connectivity index (χ0n) is 13.3. The average molecular weight is 263 g/mol. The maximum atomic E-state index is 4.62. The summed E-state index contributed by atoms with van der Waals surface area (Å²) in [7, 11) is 2.13. The van der Waals surface area contributed by atoms with Crippen molar-refractivity contribution >= 4 is 5.82 Å². The Kier molecular flexibility index (Phi) is 6.29. The van der Waals surface area contributed by atoms with Crippen LogP contribution in [0.15, 0.2) is 12.3 Å². The molecule has 1 aromatic rings. The highest BCUT2D eigenvalue weighted by atomic mass is 15.2. The van der Waals surface area contributed by atoms with Gasteiger partial charge in [-0.2, -0.15) is 0 Å². The lowest BCUT2D eigenvalue weighted by atomic mass is 10.1. The zero-order valence-corrected chi connectivity index (χ0v) is 13.3. The molecule has 0 aliphatic heterocycles. The van der Waals surface area contributed by atoms with Crippen molar-refractivity contribution in [1.82, 2.24) is 10.3 Å². The second-order valence-electron chi connectivity index (χ2n) is 6.12. The third kappa shape index (κ3) is 5.60. The Hall–Kier alpha value is -1.09. The zero-order chi connectivity index (χ0) is 14.4. The molecule has 0 radical (unpaired) electrons. The van der Waals surface area contributed by atoms with E-state index in [1.165, 1.54) is 17.5 Å². The molecule has 0 aromatic carbocycles. The summed E-state index contributed by atoms with van der Waals surface area (Å²) in [6.07, 6.45) is 3.19. The van der Waals surface area contributed by atoms with Gasteiger partial charge in [-0.15, -0.1) is 0 Å². The molecule has 0 amide bonds. The summed E-state index contributed by atoms with van der Waals surface area (Å²) >= 11 is 0. The van der Waals surface area contributed by atoms with Crippen LogP contribution in [0, 0.1) is 12.8 Å². The lowest BCUT2D eigenvalue weighted by Crippen LogP contribution is -2.23. The monoisotopic (exact) mass is 263 g/mol. The van der Waals surface area contributed by atoms with Crippen molar-refractivity contribution in [2.24, 2.45) is 5.92 Å². The molecule has 108 valence electrons. The van der Waals surface area contributed by atoms with Gasteiger partial charge in [-0.25, -0.2) is 4.98 Å². The summed E-state index contributed by atoms with van der Waals surface area (Å²) in [5, 5.41) is 3.42. The lowest BCUT2D eigenvalue weighted by Gasteiger charge is -2.21. The van der Waals surface area contributed by atoms with Gasteiger partial charge >= 0.3 is 0 Å². The third-order valence-electron chi connectivity index (χ3n) is 3.23. The van der Waals surface area contributed by atoms with Crippen molar-refractivity contribution in [3.05, 3.63) is 23.4 Å². The first-order valence-corrected chi connectivity index (χ1v) is 7.30. The molecular weight excluding hydrogens is 234 g/mol. The Morgan fingerprint density at radius 2 is 1.95 bits per heavy atom. The number of anilines is 1.